The number of amides is 3. The Bertz CT molecular complexity index is 1790. The van der Waals surface area contributed by atoms with Gasteiger partial charge in [0.15, 0.2) is 41.1 Å². The van der Waals surface area contributed by atoms with Crippen molar-refractivity contribution in [2.75, 3.05) is 33.7 Å². The number of rotatable bonds is 14. The number of benzene rings is 3. The second kappa shape index (κ2) is 16.0. The number of hydrazone groups is 1. The Morgan fingerprint density at radius 1 is 1.00 bits per heavy atom. The summed E-state index contributed by atoms with van der Waals surface area (Å²) in [7, 11) is 1.43. The van der Waals surface area contributed by atoms with Crippen molar-refractivity contribution in [3.63, 3.8) is 0 Å². The minimum Gasteiger partial charge on any atom is -0.493 e. The Morgan fingerprint density at radius 3 is 2.59 bits per heavy atom. The molecule has 2 aliphatic rings. The summed E-state index contributed by atoms with van der Waals surface area (Å²) in [6.07, 6.45) is 1.41. The summed E-state index contributed by atoms with van der Waals surface area (Å²) in [5.41, 5.74) is 5.00. The molecule has 14 nitrogen and oxygen atoms in total. The molecule has 3 aromatic rings. The topological polar surface area (TPSA) is 164 Å². The average Bonchev–Trinajstić information content (AvgIpc) is 3.55. The van der Waals surface area contributed by atoms with Gasteiger partial charge >= 0.3 is 12.0 Å². The Labute approximate surface area is 287 Å². The summed E-state index contributed by atoms with van der Waals surface area (Å²) in [5.74, 6) is 1.53. The van der Waals surface area contributed by atoms with Crippen LogP contribution in [0.25, 0.3) is 0 Å². The van der Waals surface area contributed by atoms with Crippen molar-refractivity contribution in [2.24, 2.45) is 5.10 Å². The molecular weight excluding hydrogens is 660 g/mol. The van der Waals surface area contributed by atoms with Crippen molar-refractivity contribution in [1.82, 2.24) is 16.1 Å². The molecule has 0 aliphatic carbocycles. The molecule has 3 aromatic carbocycles. The fraction of sp³-hybridized carbons (Fsp3) is 0.294. The summed E-state index contributed by atoms with van der Waals surface area (Å²) < 4.78 is 38.9. The van der Waals surface area contributed by atoms with Crippen molar-refractivity contribution in [3.8, 4) is 34.5 Å². The van der Waals surface area contributed by atoms with Gasteiger partial charge in [-0.1, -0.05) is 23.7 Å². The lowest BCUT2D eigenvalue weighted by molar-refractivity contribution is -0.139. The number of hydrogen-bond acceptors (Lipinski definition) is 11. The highest BCUT2D eigenvalue weighted by molar-refractivity contribution is 6.32. The van der Waals surface area contributed by atoms with Crippen molar-refractivity contribution >= 4 is 35.7 Å². The van der Waals surface area contributed by atoms with Crippen molar-refractivity contribution in [1.29, 1.82) is 0 Å². The molecule has 0 spiro atoms. The Morgan fingerprint density at radius 2 is 1.82 bits per heavy atom. The van der Waals surface area contributed by atoms with Gasteiger partial charge in [0.05, 0.1) is 43.2 Å². The van der Waals surface area contributed by atoms with Crippen LogP contribution in [0.4, 0.5) is 4.79 Å². The minimum absolute atomic E-state index is 0.173. The highest BCUT2D eigenvalue weighted by atomic mass is 35.5. The summed E-state index contributed by atoms with van der Waals surface area (Å²) in [6, 6.07) is 12.4. The van der Waals surface area contributed by atoms with Gasteiger partial charge in [0.25, 0.3) is 5.91 Å². The van der Waals surface area contributed by atoms with Crippen LogP contribution in [0, 0.1) is 0 Å². The monoisotopic (exact) mass is 694 g/mol. The van der Waals surface area contributed by atoms with Gasteiger partial charge in [-0.15, -0.1) is 0 Å². The van der Waals surface area contributed by atoms with E-state index < -0.39 is 23.9 Å². The zero-order valence-electron chi connectivity index (χ0n) is 27.2. The van der Waals surface area contributed by atoms with Crippen molar-refractivity contribution in [2.45, 2.75) is 33.4 Å². The first kappa shape index (κ1) is 34.7. The van der Waals surface area contributed by atoms with E-state index in [1.165, 1.54) is 13.3 Å². The molecule has 0 unspecified atom stereocenters. The van der Waals surface area contributed by atoms with Crippen LogP contribution in [0.1, 0.15) is 43.5 Å². The first-order valence-corrected chi connectivity index (χ1v) is 15.6. The number of allylic oxidation sites excluding steroid dienone is 1. The van der Waals surface area contributed by atoms with Crippen LogP contribution >= 0.6 is 11.6 Å². The van der Waals surface area contributed by atoms with Gasteiger partial charge in [0, 0.05) is 5.70 Å². The lowest BCUT2D eigenvalue weighted by atomic mass is 9.95. The van der Waals surface area contributed by atoms with Gasteiger partial charge < -0.3 is 43.8 Å². The molecule has 2 aliphatic heterocycles. The van der Waals surface area contributed by atoms with Crippen LogP contribution < -0.4 is 44.5 Å². The molecule has 0 saturated carbocycles. The lowest BCUT2D eigenvalue weighted by Gasteiger charge is -2.28. The summed E-state index contributed by atoms with van der Waals surface area (Å²) >= 11 is 6.55. The highest BCUT2D eigenvalue weighted by Gasteiger charge is 2.32. The number of esters is 1. The zero-order chi connectivity index (χ0) is 34.9. The number of urea groups is 1. The Hall–Kier alpha value is -5.63. The predicted octanol–water partition coefficient (Wildman–Crippen LogP) is 4.78. The molecule has 0 bridgehead atoms. The first-order chi connectivity index (χ1) is 23.7. The van der Waals surface area contributed by atoms with E-state index in [1.807, 2.05) is 25.1 Å². The standard InChI is InChI=1S/C34H35ClN4O10/c1-5-44-28-13-21(11-23(35)32(28)47-16-20-7-9-25-27(12-20)49-18-48-25)15-36-39-29(40)17-46-24-10-8-22(14-26(24)43-4)31-30(33(41)45-6-2)19(3)37-34(42)38-31/h7-15,31H,5-6,16-18H2,1-4H3,(H,39,40)(H2,37,38,42)/b36-15-/t31-/m1/s1. The van der Waals surface area contributed by atoms with Gasteiger partial charge in [-0.2, -0.15) is 5.10 Å². The van der Waals surface area contributed by atoms with E-state index in [4.69, 9.17) is 44.8 Å². The summed E-state index contributed by atoms with van der Waals surface area (Å²) in [6.45, 7) is 5.70. The van der Waals surface area contributed by atoms with Crippen LogP contribution in [0.2, 0.25) is 5.02 Å². The number of ether oxygens (including phenoxy) is 7. The fourth-order valence-electron chi connectivity index (χ4n) is 5.01. The Balaban J connectivity index is 1.20. The molecule has 3 amide bonds. The van der Waals surface area contributed by atoms with E-state index in [-0.39, 0.29) is 43.7 Å². The van der Waals surface area contributed by atoms with Crippen LogP contribution in [-0.4, -0.2) is 57.8 Å². The van der Waals surface area contributed by atoms with Gasteiger partial charge in [-0.05, 0) is 73.9 Å². The van der Waals surface area contributed by atoms with Gasteiger partial charge in [-0.25, -0.2) is 15.0 Å². The number of fused-ring (bicyclic) bond motifs is 1. The average molecular weight is 695 g/mol. The second-order valence-electron chi connectivity index (χ2n) is 10.5. The summed E-state index contributed by atoms with van der Waals surface area (Å²) in [5, 5.41) is 9.63. The van der Waals surface area contributed by atoms with Gasteiger partial charge in [0.2, 0.25) is 6.79 Å². The molecule has 0 aromatic heterocycles. The minimum atomic E-state index is -0.791. The zero-order valence-corrected chi connectivity index (χ0v) is 28.0. The maximum absolute atomic E-state index is 12.6. The molecule has 0 saturated heterocycles. The molecule has 5 rings (SSSR count). The van der Waals surface area contributed by atoms with E-state index >= 15 is 0 Å². The second-order valence-corrected chi connectivity index (χ2v) is 10.9. The predicted molar refractivity (Wildman–Crippen MR) is 177 cm³/mol. The van der Waals surface area contributed by atoms with E-state index in [9.17, 15) is 14.4 Å². The van der Waals surface area contributed by atoms with Gasteiger partial charge in [-0.3, -0.25) is 4.79 Å². The third kappa shape index (κ3) is 8.46. The van der Waals surface area contributed by atoms with Crippen LogP contribution in [0.15, 0.2) is 64.9 Å². The lowest BCUT2D eigenvalue weighted by Crippen LogP contribution is -2.45. The van der Waals surface area contributed by atoms with Crippen LogP contribution in [-0.2, 0) is 20.9 Å². The SMILES string of the molecule is CCOC(=O)C1=C(C)NC(=O)N[C@@H]1c1ccc(OCC(=O)N/N=C\c2cc(Cl)c(OCc3ccc4c(c3)OCO4)c(OCC)c2)c(OC)c1. The molecule has 49 heavy (non-hydrogen) atoms. The molecule has 0 radical (unpaired) electrons. The van der Waals surface area contributed by atoms with E-state index in [0.717, 1.165) is 5.56 Å². The molecule has 0 fully saturated rings. The number of nitrogens with one attached hydrogen (secondary N) is 3. The van der Waals surface area contributed by atoms with Crippen LogP contribution in [0.5, 0.6) is 34.5 Å². The smallest absolute Gasteiger partial charge is 0.338 e. The molecule has 258 valence electrons. The van der Waals surface area contributed by atoms with Crippen molar-refractivity contribution < 1.29 is 47.5 Å². The number of halogens is 1. The largest absolute Gasteiger partial charge is 0.493 e. The quantitative estimate of drug-likeness (QED) is 0.122. The fourth-order valence-corrected chi connectivity index (χ4v) is 5.29. The number of nitrogens with zero attached hydrogens (tertiary/aromatic N) is 1. The first-order valence-electron chi connectivity index (χ1n) is 15.3. The molecule has 1 atom stereocenters. The van der Waals surface area contributed by atoms with E-state index in [0.29, 0.717) is 51.5 Å². The number of carbonyl (C=O) groups is 3. The molecular formula is C34H35ClN4O10. The normalized spacial score (nSPS) is 15.0. The van der Waals surface area contributed by atoms with E-state index in [2.05, 4.69) is 21.2 Å². The molecule has 15 heteroatoms. The third-order valence-electron chi connectivity index (χ3n) is 7.20. The maximum Gasteiger partial charge on any atom is 0.338 e. The number of methoxy groups -OCH3 is 1. The Kier molecular flexibility index (Phi) is 11.3. The van der Waals surface area contributed by atoms with Crippen molar-refractivity contribution in [3.05, 3.63) is 81.5 Å². The van der Waals surface area contributed by atoms with Crippen LogP contribution in [0.3, 0.4) is 0 Å². The summed E-state index contributed by atoms with van der Waals surface area (Å²) in [4.78, 5) is 37.4. The molecule has 2 heterocycles. The maximum atomic E-state index is 12.6. The van der Waals surface area contributed by atoms with Gasteiger partial charge in [0.1, 0.15) is 6.61 Å². The highest BCUT2D eigenvalue weighted by Crippen LogP contribution is 2.38. The van der Waals surface area contributed by atoms with E-state index in [1.54, 1.807) is 44.2 Å². The third-order valence-corrected chi connectivity index (χ3v) is 7.48. The molecule has 3 N–H and O–H groups in total. The number of hydrogen-bond donors (Lipinski definition) is 3. The number of carbonyl (C=O) groups excluding carboxylic acids is 3.